The fourth-order valence-electron chi connectivity index (χ4n) is 13.6. The second-order valence-electron chi connectivity index (χ2n) is 26.2. The number of aliphatic hydroxyl groups excluding tert-OH is 3. The van der Waals surface area contributed by atoms with Crippen LogP contribution in [-0.4, -0.2) is 268 Å². The zero-order chi connectivity index (χ0) is 74.3. The van der Waals surface area contributed by atoms with Gasteiger partial charge >= 0.3 is 0 Å². The lowest BCUT2D eigenvalue weighted by molar-refractivity contribution is -0.0787. The molecule has 12 heterocycles. The van der Waals surface area contributed by atoms with Gasteiger partial charge in [0.1, 0.15) is 72.1 Å². The topological polar surface area (TPSA) is 370 Å². The van der Waals surface area contributed by atoms with Crippen LogP contribution in [0, 0.1) is 0 Å². The number of hydrogen-bond acceptors (Lipinski definition) is 27. The van der Waals surface area contributed by atoms with Crippen molar-refractivity contribution in [2.24, 2.45) is 15.0 Å². The Kier molecular flexibility index (Phi) is 24.5. The van der Waals surface area contributed by atoms with E-state index in [1.807, 2.05) is 63.9 Å². The molecule has 0 unspecified atom stereocenters. The summed E-state index contributed by atoms with van der Waals surface area (Å²) in [6.45, 7) is 17.2. The lowest BCUT2D eigenvalue weighted by Gasteiger charge is -2.36. The minimum Gasteiger partial charge on any atom is -0.491 e. The van der Waals surface area contributed by atoms with Crippen molar-refractivity contribution in [2.75, 3.05) is 162 Å². The highest BCUT2D eigenvalue weighted by Gasteiger charge is 2.29. The minimum absolute atomic E-state index is 0.0939. The van der Waals surface area contributed by atoms with Crippen molar-refractivity contribution in [1.29, 1.82) is 0 Å². The van der Waals surface area contributed by atoms with Gasteiger partial charge in [0.25, 0.3) is 17.7 Å². The van der Waals surface area contributed by atoms with Crippen LogP contribution in [0.25, 0.3) is 32.7 Å². The molecule has 3 aromatic carbocycles. The third kappa shape index (κ3) is 17.9. The molecule has 6 N–H and O–H groups in total. The van der Waals surface area contributed by atoms with E-state index in [1.54, 1.807) is 76.3 Å². The van der Waals surface area contributed by atoms with Crippen molar-refractivity contribution in [1.82, 2.24) is 58.3 Å². The van der Waals surface area contributed by atoms with E-state index in [-0.39, 0.29) is 48.9 Å². The molecule has 6 aromatic heterocycles. The Morgan fingerprint density at radius 1 is 0.467 bits per heavy atom. The highest BCUT2D eigenvalue weighted by molar-refractivity contribution is 5.99. The summed E-state index contributed by atoms with van der Waals surface area (Å²) in [7, 11) is 4.62. The van der Waals surface area contributed by atoms with Gasteiger partial charge in [-0.1, -0.05) is 0 Å². The number of pyridine rings is 3. The first-order valence-electron chi connectivity index (χ1n) is 35.6. The monoisotopic (exact) mass is 1470 g/mol. The lowest BCUT2D eigenvalue weighted by atomic mass is 10.2. The molecule has 564 valence electrons. The van der Waals surface area contributed by atoms with Gasteiger partial charge in [0.05, 0.1) is 76.7 Å². The van der Waals surface area contributed by atoms with Crippen molar-refractivity contribution in [3.8, 4) is 34.5 Å². The summed E-state index contributed by atoms with van der Waals surface area (Å²) >= 11 is 0. The smallest absolute Gasteiger partial charge is 0.281 e. The summed E-state index contributed by atoms with van der Waals surface area (Å²) in [5.41, 5.74) is 3.52. The van der Waals surface area contributed by atoms with Crippen LogP contribution >= 0.6 is 0 Å². The molecule has 5 atom stereocenters. The number of rotatable bonds is 21. The first-order chi connectivity index (χ1) is 52.2. The molecule has 0 saturated carbocycles. The van der Waals surface area contributed by atoms with Gasteiger partial charge in [-0.3, -0.25) is 57.7 Å². The second-order valence-corrected chi connectivity index (χ2v) is 26.2. The van der Waals surface area contributed by atoms with Gasteiger partial charge in [-0.15, -0.1) is 0 Å². The SMILES string of the molecule is COc1c(OC[C@@H](O)CN2CCOCC2)ccc2c3n(c(=NC(=O)c4cccnc4)nc12)CCN3.COc1c(OC[C@H](O)CN2CCOCC2)ccc2c3n(c(=NC(=O)c4cccnc4)nc12)CCN3.COc1c(OC[C@H](O)CN2C[C@@H](C)O[C@@H](C)C2)ccc2c3n(c(=NC(=O)c4cccnc4)nc12)CCN3. The zero-order valence-electron chi connectivity index (χ0n) is 60.3. The maximum absolute atomic E-state index is 12.8. The summed E-state index contributed by atoms with van der Waals surface area (Å²) < 4.78 is 57.1. The molecular weight excluding hydrogens is 1380 g/mol. The largest absolute Gasteiger partial charge is 0.491 e. The Morgan fingerprint density at radius 3 is 1.08 bits per heavy atom. The summed E-state index contributed by atoms with van der Waals surface area (Å²) in [6.07, 6.45) is 7.47. The van der Waals surface area contributed by atoms with Crippen LogP contribution in [0.2, 0.25) is 0 Å². The number of nitrogens with one attached hydrogen (secondary N) is 3. The fraction of sp³-hybridized carbons (Fsp3) is 0.432. The number of nitrogens with zero attached hydrogens (tertiary/aromatic N) is 15. The van der Waals surface area contributed by atoms with Gasteiger partial charge in [-0.25, -0.2) is 15.0 Å². The molecule has 15 rings (SSSR count). The van der Waals surface area contributed by atoms with E-state index in [4.69, 9.17) is 47.6 Å². The predicted molar refractivity (Wildman–Crippen MR) is 392 cm³/mol. The van der Waals surface area contributed by atoms with Gasteiger partial charge in [0.2, 0.25) is 16.9 Å². The number of fused-ring (bicyclic) bond motifs is 9. The maximum Gasteiger partial charge on any atom is 0.281 e. The standard InChI is InChI=1S/C26H32N6O5.2C24H28N6O5/c1-16-12-31(13-17(2)37-16)14-19(33)15-36-21-7-6-20-22(23(21)35-3)29-26(32-10-9-28-24(20)32)30-25(34)18-5-4-8-27-11-18;2*1-33-21-19(35-15-17(31)14-29-9-11-34-12-10-29)5-4-18-20(21)27-24(30-8-7-26-22(18)30)28-23(32)16-3-2-6-25-13-16/h4-8,11,16-17,19,28,33H,9-10,12-15H2,1-3H3;2*2-6,13,17,26,31H,7-12,14-15H2,1H3/t16-,17+,19-;2*17-/m110/s1. The third-order valence-corrected chi connectivity index (χ3v) is 18.5. The number of ether oxygens (including phenoxy) is 9. The number of β-amino-alcohol motifs (C(OH)–C–C–N with tert-alkyl or cyclic N) is 3. The first-order valence-corrected chi connectivity index (χ1v) is 35.6. The van der Waals surface area contributed by atoms with Gasteiger partial charge in [0, 0.05) is 152 Å². The molecule has 33 heteroatoms. The Bertz CT molecular complexity index is 4640. The number of aromatic nitrogens is 9. The molecular formula is C74H88N18O15. The number of hydrogen-bond donors (Lipinski definition) is 6. The number of morpholine rings is 3. The minimum atomic E-state index is -0.689. The molecule has 0 aliphatic carbocycles. The van der Waals surface area contributed by atoms with Crippen LogP contribution in [0.3, 0.4) is 0 Å². The van der Waals surface area contributed by atoms with Crippen molar-refractivity contribution in [2.45, 2.75) is 64.0 Å². The van der Waals surface area contributed by atoms with E-state index >= 15 is 0 Å². The molecule has 3 saturated heterocycles. The summed E-state index contributed by atoms with van der Waals surface area (Å²) in [4.78, 5) is 83.6. The molecule has 107 heavy (non-hydrogen) atoms. The van der Waals surface area contributed by atoms with E-state index < -0.39 is 36.0 Å². The van der Waals surface area contributed by atoms with Crippen LogP contribution in [0.4, 0.5) is 17.5 Å². The quantitative estimate of drug-likeness (QED) is 0.0602. The fourth-order valence-corrected chi connectivity index (χ4v) is 13.6. The van der Waals surface area contributed by atoms with Gasteiger partial charge < -0.3 is 73.9 Å². The zero-order valence-corrected chi connectivity index (χ0v) is 60.3. The average molecular weight is 1470 g/mol. The summed E-state index contributed by atoms with van der Waals surface area (Å²) in [6, 6.07) is 21.2. The molecule has 6 aliphatic rings. The Labute approximate surface area is 615 Å². The highest BCUT2D eigenvalue weighted by atomic mass is 16.5. The van der Waals surface area contributed by atoms with E-state index in [2.05, 4.69) is 70.5 Å². The molecule has 9 aromatic rings. The normalized spacial score (nSPS) is 18.4. The van der Waals surface area contributed by atoms with Crippen LogP contribution in [0.5, 0.6) is 34.5 Å². The first kappa shape index (κ1) is 74.6. The Morgan fingerprint density at radius 2 is 0.785 bits per heavy atom. The third-order valence-electron chi connectivity index (χ3n) is 18.5. The molecule has 0 spiro atoms. The molecule has 3 amide bonds. The second kappa shape index (κ2) is 35.2. The predicted octanol–water partition coefficient (Wildman–Crippen LogP) is 2.81. The number of anilines is 3. The molecule has 33 nitrogen and oxygen atoms in total. The maximum atomic E-state index is 12.8. The summed E-state index contributed by atoms with van der Waals surface area (Å²) in [5, 5.41) is 44.2. The van der Waals surface area contributed by atoms with Crippen LogP contribution in [0.1, 0.15) is 44.9 Å². The Hall–Kier alpha value is -10.6. The van der Waals surface area contributed by atoms with Crippen molar-refractivity contribution in [3.05, 3.63) is 144 Å². The molecule has 0 bridgehead atoms. The van der Waals surface area contributed by atoms with E-state index in [0.29, 0.717) is 153 Å². The van der Waals surface area contributed by atoms with E-state index in [0.717, 1.165) is 72.9 Å². The number of carbonyl (C=O) groups excluding carboxylic acids is 3. The van der Waals surface area contributed by atoms with E-state index in [1.165, 1.54) is 18.6 Å². The van der Waals surface area contributed by atoms with Crippen LogP contribution in [-0.2, 0) is 33.8 Å². The van der Waals surface area contributed by atoms with Crippen molar-refractivity contribution >= 4 is 67.9 Å². The number of methoxy groups -OCH3 is 3. The molecule has 0 radical (unpaired) electrons. The van der Waals surface area contributed by atoms with Gasteiger partial charge in [-0.05, 0) is 86.6 Å². The average Bonchev–Trinajstić information content (AvgIpc) is 1.74. The Balaban J connectivity index is 0.000000142. The van der Waals surface area contributed by atoms with E-state index in [9.17, 15) is 29.7 Å². The van der Waals surface area contributed by atoms with Crippen molar-refractivity contribution in [3.63, 3.8) is 0 Å². The van der Waals surface area contributed by atoms with Gasteiger partial charge in [0.15, 0.2) is 34.5 Å². The molecule has 3 fully saturated rings. The number of carbonyl (C=O) groups is 3. The number of amides is 3. The van der Waals surface area contributed by atoms with Crippen LogP contribution < -0.4 is 61.2 Å². The molecule has 6 aliphatic heterocycles. The summed E-state index contributed by atoms with van der Waals surface area (Å²) in [5.74, 6) is 3.78. The highest BCUT2D eigenvalue weighted by Crippen LogP contribution is 2.40. The van der Waals surface area contributed by atoms with Crippen molar-refractivity contribution < 1.29 is 72.3 Å². The number of benzene rings is 3. The van der Waals surface area contributed by atoms with Gasteiger partial charge in [-0.2, -0.15) is 15.0 Å². The lowest BCUT2D eigenvalue weighted by Crippen LogP contribution is -2.48. The van der Waals surface area contributed by atoms with Crippen LogP contribution in [0.15, 0.2) is 125 Å². The number of aliphatic hydroxyl groups is 3.